The molecule has 0 fully saturated rings. The predicted octanol–water partition coefficient (Wildman–Crippen LogP) is 2.12. The molecule has 0 bridgehead atoms. The second-order valence-corrected chi connectivity index (χ2v) is 4.61. The maximum atomic E-state index is 9.45. The van der Waals surface area contributed by atoms with Gasteiger partial charge in [0.1, 0.15) is 0 Å². The van der Waals surface area contributed by atoms with Crippen LogP contribution in [0.2, 0.25) is 0 Å². The van der Waals surface area contributed by atoms with Gasteiger partial charge in [-0.05, 0) is 37.6 Å². The lowest BCUT2D eigenvalue weighted by molar-refractivity contribution is 0.159. The van der Waals surface area contributed by atoms with E-state index in [0.29, 0.717) is 0 Å². The van der Waals surface area contributed by atoms with Gasteiger partial charge in [-0.3, -0.25) is 0 Å². The van der Waals surface area contributed by atoms with Gasteiger partial charge in [0, 0.05) is 12.7 Å². The first-order valence-corrected chi connectivity index (χ1v) is 6.78. The summed E-state index contributed by atoms with van der Waals surface area (Å²) in [4.78, 5) is 0. The summed E-state index contributed by atoms with van der Waals surface area (Å²) in [5, 5.41) is 17.3. The third-order valence-electron chi connectivity index (χ3n) is 3.10. The summed E-state index contributed by atoms with van der Waals surface area (Å²) in [5.41, 5.74) is 2.07. The standard InChI is InChI=1S/C15H21N3O/c1-2-15(19)8-10-16-12-13-9-11-18(17-13)14-6-4-3-5-7-14/h3-7,9,11,15-16,19H,2,8,10,12H2,1H3. The monoisotopic (exact) mass is 259 g/mol. The quantitative estimate of drug-likeness (QED) is 0.749. The lowest BCUT2D eigenvalue weighted by Crippen LogP contribution is -2.20. The maximum Gasteiger partial charge on any atom is 0.0766 e. The molecular weight excluding hydrogens is 238 g/mol. The molecule has 1 aromatic heterocycles. The molecule has 1 unspecified atom stereocenters. The van der Waals surface area contributed by atoms with Crippen LogP contribution in [0, 0.1) is 0 Å². The van der Waals surface area contributed by atoms with Crippen molar-refractivity contribution >= 4 is 0 Å². The molecule has 0 aliphatic heterocycles. The highest BCUT2D eigenvalue weighted by Gasteiger charge is 2.02. The molecule has 2 aromatic rings. The average Bonchev–Trinajstić information content (AvgIpc) is 2.93. The summed E-state index contributed by atoms with van der Waals surface area (Å²) in [7, 11) is 0. The number of aliphatic hydroxyl groups excluding tert-OH is 1. The number of rotatable bonds is 7. The summed E-state index contributed by atoms with van der Waals surface area (Å²) in [6.45, 7) is 3.54. The predicted molar refractivity (Wildman–Crippen MR) is 76.2 cm³/mol. The average molecular weight is 259 g/mol. The molecule has 0 saturated carbocycles. The summed E-state index contributed by atoms with van der Waals surface area (Å²) >= 11 is 0. The van der Waals surface area contributed by atoms with Crippen LogP contribution in [-0.2, 0) is 6.54 Å². The maximum absolute atomic E-state index is 9.45. The molecule has 0 radical (unpaired) electrons. The van der Waals surface area contributed by atoms with Gasteiger partial charge in [-0.25, -0.2) is 4.68 Å². The van der Waals surface area contributed by atoms with Crippen molar-refractivity contribution in [2.75, 3.05) is 6.54 Å². The van der Waals surface area contributed by atoms with E-state index < -0.39 is 0 Å². The lowest BCUT2D eigenvalue weighted by atomic mass is 10.2. The first kappa shape index (κ1) is 13.8. The van der Waals surface area contributed by atoms with Crippen molar-refractivity contribution < 1.29 is 5.11 Å². The minimum atomic E-state index is -0.200. The molecule has 0 spiro atoms. The van der Waals surface area contributed by atoms with E-state index in [4.69, 9.17) is 0 Å². The molecule has 4 heteroatoms. The van der Waals surface area contributed by atoms with E-state index >= 15 is 0 Å². The van der Waals surface area contributed by atoms with Gasteiger partial charge in [-0.2, -0.15) is 5.10 Å². The van der Waals surface area contributed by atoms with Crippen molar-refractivity contribution in [3.8, 4) is 5.69 Å². The number of aromatic nitrogens is 2. The molecule has 2 N–H and O–H groups in total. The lowest BCUT2D eigenvalue weighted by Gasteiger charge is -2.07. The smallest absolute Gasteiger partial charge is 0.0766 e. The zero-order chi connectivity index (χ0) is 13.5. The first-order chi connectivity index (χ1) is 9.29. The SMILES string of the molecule is CCC(O)CCNCc1ccn(-c2ccccc2)n1. The van der Waals surface area contributed by atoms with Gasteiger partial charge in [0.2, 0.25) is 0 Å². The van der Waals surface area contributed by atoms with Crippen LogP contribution >= 0.6 is 0 Å². The van der Waals surface area contributed by atoms with Crippen LogP contribution < -0.4 is 5.32 Å². The van der Waals surface area contributed by atoms with Crippen molar-refractivity contribution in [3.05, 3.63) is 48.3 Å². The Morgan fingerprint density at radius 1 is 1.26 bits per heavy atom. The number of hydrogen-bond acceptors (Lipinski definition) is 3. The Balaban J connectivity index is 1.82. The summed E-state index contributed by atoms with van der Waals surface area (Å²) < 4.78 is 1.87. The Bertz CT molecular complexity index is 481. The van der Waals surface area contributed by atoms with Gasteiger partial charge in [0.05, 0.1) is 17.5 Å². The highest BCUT2D eigenvalue weighted by atomic mass is 16.3. The minimum absolute atomic E-state index is 0.200. The second-order valence-electron chi connectivity index (χ2n) is 4.61. The Morgan fingerprint density at radius 2 is 2.05 bits per heavy atom. The van der Waals surface area contributed by atoms with Gasteiger partial charge in [0.25, 0.3) is 0 Å². The third kappa shape index (κ3) is 4.19. The van der Waals surface area contributed by atoms with Crippen LogP contribution in [0.1, 0.15) is 25.5 Å². The molecule has 0 amide bonds. The summed E-state index contributed by atoms with van der Waals surface area (Å²) in [6, 6.07) is 12.1. The van der Waals surface area contributed by atoms with Crippen LogP contribution in [0.25, 0.3) is 5.69 Å². The molecule has 2 rings (SSSR count). The van der Waals surface area contributed by atoms with Crippen molar-refractivity contribution in [2.24, 2.45) is 0 Å². The van der Waals surface area contributed by atoms with Crippen LogP contribution in [-0.4, -0.2) is 27.5 Å². The Kier molecular flexibility index (Phi) is 5.12. The zero-order valence-corrected chi connectivity index (χ0v) is 11.3. The highest BCUT2D eigenvalue weighted by Crippen LogP contribution is 2.06. The van der Waals surface area contributed by atoms with Gasteiger partial charge in [-0.1, -0.05) is 25.1 Å². The first-order valence-electron chi connectivity index (χ1n) is 6.78. The molecule has 102 valence electrons. The van der Waals surface area contributed by atoms with E-state index in [-0.39, 0.29) is 6.10 Å². The molecule has 0 aliphatic rings. The Morgan fingerprint density at radius 3 is 2.79 bits per heavy atom. The van der Waals surface area contributed by atoms with Crippen molar-refractivity contribution in [1.29, 1.82) is 0 Å². The fourth-order valence-electron chi connectivity index (χ4n) is 1.87. The van der Waals surface area contributed by atoms with Gasteiger partial charge < -0.3 is 10.4 Å². The van der Waals surface area contributed by atoms with E-state index in [0.717, 1.165) is 37.3 Å². The number of para-hydroxylation sites is 1. The number of hydrogen-bond donors (Lipinski definition) is 2. The number of nitrogens with zero attached hydrogens (tertiary/aromatic N) is 2. The normalized spacial score (nSPS) is 12.5. The molecule has 1 aromatic carbocycles. The van der Waals surface area contributed by atoms with E-state index in [9.17, 15) is 5.11 Å². The number of nitrogens with one attached hydrogen (secondary N) is 1. The van der Waals surface area contributed by atoms with E-state index in [1.165, 1.54) is 0 Å². The van der Waals surface area contributed by atoms with E-state index in [1.807, 2.05) is 54.2 Å². The largest absolute Gasteiger partial charge is 0.393 e. The van der Waals surface area contributed by atoms with Crippen LogP contribution in [0.3, 0.4) is 0 Å². The van der Waals surface area contributed by atoms with Gasteiger partial charge in [-0.15, -0.1) is 0 Å². The topological polar surface area (TPSA) is 50.1 Å². The van der Waals surface area contributed by atoms with Crippen molar-refractivity contribution in [1.82, 2.24) is 15.1 Å². The van der Waals surface area contributed by atoms with Gasteiger partial charge >= 0.3 is 0 Å². The fourth-order valence-corrected chi connectivity index (χ4v) is 1.87. The fraction of sp³-hybridized carbons (Fsp3) is 0.400. The van der Waals surface area contributed by atoms with Gasteiger partial charge in [0.15, 0.2) is 0 Å². The van der Waals surface area contributed by atoms with Crippen molar-refractivity contribution in [2.45, 2.75) is 32.4 Å². The Labute approximate surface area is 114 Å². The van der Waals surface area contributed by atoms with Crippen LogP contribution in [0.15, 0.2) is 42.6 Å². The molecule has 1 atom stereocenters. The zero-order valence-electron chi connectivity index (χ0n) is 11.3. The summed E-state index contributed by atoms with van der Waals surface area (Å²) in [5.74, 6) is 0. The van der Waals surface area contributed by atoms with Crippen LogP contribution in [0.4, 0.5) is 0 Å². The molecule has 0 aliphatic carbocycles. The third-order valence-corrected chi connectivity index (χ3v) is 3.10. The molecule has 0 saturated heterocycles. The summed E-state index contributed by atoms with van der Waals surface area (Å²) in [6.07, 6.45) is 3.36. The highest BCUT2D eigenvalue weighted by molar-refractivity contribution is 5.30. The molecule has 19 heavy (non-hydrogen) atoms. The van der Waals surface area contributed by atoms with Crippen molar-refractivity contribution in [3.63, 3.8) is 0 Å². The molecule has 1 heterocycles. The van der Waals surface area contributed by atoms with E-state index in [1.54, 1.807) is 0 Å². The van der Waals surface area contributed by atoms with E-state index in [2.05, 4.69) is 10.4 Å². The van der Waals surface area contributed by atoms with Crippen LogP contribution in [0.5, 0.6) is 0 Å². The second kappa shape index (κ2) is 7.07. The number of aliphatic hydroxyl groups is 1. The Hall–Kier alpha value is -1.65. The molecule has 4 nitrogen and oxygen atoms in total. The number of benzene rings is 1. The minimum Gasteiger partial charge on any atom is -0.393 e. The molecular formula is C15H21N3O.